The molecular formula is C16H19NO3. The Morgan fingerprint density at radius 2 is 2.05 bits per heavy atom. The van der Waals surface area contributed by atoms with Crippen LogP contribution in [0.3, 0.4) is 0 Å². The highest BCUT2D eigenvalue weighted by Gasteiger charge is 2.31. The minimum Gasteiger partial charge on any atom is -0.462 e. The fraction of sp³-hybridized carbons (Fsp3) is 0.375. The van der Waals surface area contributed by atoms with Gasteiger partial charge in [0.05, 0.1) is 12.2 Å². The van der Waals surface area contributed by atoms with Gasteiger partial charge in [-0.25, -0.2) is 4.79 Å². The van der Waals surface area contributed by atoms with Gasteiger partial charge in [0.2, 0.25) is 5.91 Å². The lowest BCUT2D eigenvalue weighted by Gasteiger charge is -2.15. The minimum atomic E-state index is -0.333. The highest BCUT2D eigenvalue weighted by Crippen LogP contribution is 2.23. The normalized spacial score (nSPS) is 18.9. The molecule has 1 aromatic rings. The van der Waals surface area contributed by atoms with Crippen molar-refractivity contribution in [2.24, 2.45) is 0 Å². The zero-order valence-corrected chi connectivity index (χ0v) is 11.8. The highest BCUT2D eigenvalue weighted by molar-refractivity contribution is 5.96. The van der Waals surface area contributed by atoms with Crippen LogP contribution in [0.15, 0.2) is 42.0 Å². The van der Waals surface area contributed by atoms with E-state index in [2.05, 4.69) is 5.32 Å². The van der Waals surface area contributed by atoms with Crippen molar-refractivity contribution in [3.63, 3.8) is 0 Å². The maximum Gasteiger partial charge on any atom is 0.338 e. The smallest absolute Gasteiger partial charge is 0.338 e. The molecule has 1 N–H and O–H groups in total. The molecule has 106 valence electrons. The van der Waals surface area contributed by atoms with Crippen LogP contribution in [-0.4, -0.2) is 24.0 Å². The number of hydrogen-bond donors (Lipinski definition) is 1. The molecule has 0 bridgehead atoms. The number of carbonyl (C=O) groups is 2. The van der Waals surface area contributed by atoms with Crippen molar-refractivity contribution >= 4 is 11.9 Å². The molecule has 0 unspecified atom stereocenters. The van der Waals surface area contributed by atoms with E-state index in [0.29, 0.717) is 18.4 Å². The van der Waals surface area contributed by atoms with Crippen LogP contribution in [0.1, 0.15) is 37.0 Å². The Morgan fingerprint density at radius 1 is 1.35 bits per heavy atom. The molecule has 0 aliphatic carbocycles. The van der Waals surface area contributed by atoms with E-state index in [-0.39, 0.29) is 24.0 Å². The molecule has 0 saturated carbocycles. The second kappa shape index (κ2) is 5.90. The largest absolute Gasteiger partial charge is 0.462 e. The molecule has 1 aliphatic heterocycles. The van der Waals surface area contributed by atoms with Crippen LogP contribution in [-0.2, 0) is 9.53 Å². The SMILES string of the molecule is CC1(C)C/C(=C\CCOC(=O)c2ccccc2)C(=O)N1. The number of amides is 1. The second-order valence-corrected chi connectivity index (χ2v) is 5.53. The van der Waals surface area contributed by atoms with Crippen molar-refractivity contribution in [1.82, 2.24) is 5.32 Å². The Hall–Kier alpha value is -2.10. The lowest BCUT2D eigenvalue weighted by atomic mass is 10.0. The van der Waals surface area contributed by atoms with E-state index in [0.717, 1.165) is 5.57 Å². The van der Waals surface area contributed by atoms with Crippen LogP contribution in [0.5, 0.6) is 0 Å². The van der Waals surface area contributed by atoms with Crippen LogP contribution < -0.4 is 5.32 Å². The summed E-state index contributed by atoms with van der Waals surface area (Å²) in [6.45, 7) is 4.26. The van der Waals surface area contributed by atoms with Crippen molar-refractivity contribution in [2.75, 3.05) is 6.61 Å². The first-order valence-corrected chi connectivity index (χ1v) is 6.72. The maximum absolute atomic E-state index is 11.7. The Bertz CT molecular complexity index is 532. The van der Waals surface area contributed by atoms with Crippen molar-refractivity contribution in [3.05, 3.63) is 47.5 Å². The average Bonchev–Trinajstić information content (AvgIpc) is 2.68. The third kappa shape index (κ3) is 3.70. The highest BCUT2D eigenvalue weighted by atomic mass is 16.5. The lowest BCUT2D eigenvalue weighted by molar-refractivity contribution is -0.117. The van der Waals surface area contributed by atoms with Crippen LogP contribution in [0, 0.1) is 0 Å². The molecule has 1 amide bonds. The van der Waals surface area contributed by atoms with E-state index in [1.807, 2.05) is 26.0 Å². The quantitative estimate of drug-likeness (QED) is 0.521. The van der Waals surface area contributed by atoms with Gasteiger partial charge in [-0.05, 0) is 26.0 Å². The Balaban J connectivity index is 1.80. The summed E-state index contributed by atoms with van der Waals surface area (Å²) in [5.41, 5.74) is 1.13. The van der Waals surface area contributed by atoms with Gasteiger partial charge in [0.15, 0.2) is 0 Å². The monoisotopic (exact) mass is 273 g/mol. The van der Waals surface area contributed by atoms with Crippen molar-refractivity contribution < 1.29 is 14.3 Å². The molecule has 0 radical (unpaired) electrons. The van der Waals surface area contributed by atoms with Gasteiger partial charge in [0, 0.05) is 24.0 Å². The van der Waals surface area contributed by atoms with Crippen molar-refractivity contribution in [3.8, 4) is 0 Å². The van der Waals surface area contributed by atoms with Gasteiger partial charge in [0.1, 0.15) is 0 Å². The number of hydrogen-bond acceptors (Lipinski definition) is 3. The Kier molecular flexibility index (Phi) is 4.23. The molecular weight excluding hydrogens is 254 g/mol. The fourth-order valence-corrected chi connectivity index (χ4v) is 2.20. The lowest BCUT2D eigenvalue weighted by Crippen LogP contribution is -2.34. The molecule has 4 heteroatoms. The summed E-state index contributed by atoms with van der Waals surface area (Å²) in [7, 11) is 0. The predicted octanol–water partition coefficient (Wildman–Crippen LogP) is 2.46. The summed E-state index contributed by atoms with van der Waals surface area (Å²) in [6.07, 6.45) is 3.11. The number of benzene rings is 1. The third-order valence-corrected chi connectivity index (χ3v) is 3.13. The average molecular weight is 273 g/mol. The minimum absolute atomic E-state index is 0.0237. The maximum atomic E-state index is 11.7. The second-order valence-electron chi connectivity index (χ2n) is 5.53. The standard InChI is InChI=1S/C16H19NO3/c1-16(2)11-13(14(18)17-16)9-6-10-20-15(19)12-7-4-3-5-8-12/h3-5,7-9H,6,10-11H2,1-2H3,(H,17,18)/b13-9+. The zero-order chi connectivity index (χ0) is 14.6. The molecule has 0 spiro atoms. The molecule has 0 atom stereocenters. The Labute approximate surface area is 118 Å². The van der Waals surface area contributed by atoms with Gasteiger partial charge in [0.25, 0.3) is 0 Å². The van der Waals surface area contributed by atoms with Crippen LogP contribution >= 0.6 is 0 Å². The van der Waals surface area contributed by atoms with Crippen LogP contribution in [0.4, 0.5) is 0 Å². The summed E-state index contributed by atoms with van der Waals surface area (Å²) in [5.74, 6) is -0.357. The van der Waals surface area contributed by atoms with Gasteiger partial charge < -0.3 is 10.1 Å². The van der Waals surface area contributed by atoms with E-state index >= 15 is 0 Å². The number of ether oxygens (including phenoxy) is 1. The zero-order valence-electron chi connectivity index (χ0n) is 11.8. The van der Waals surface area contributed by atoms with E-state index in [4.69, 9.17) is 4.74 Å². The van der Waals surface area contributed by atoms with E-state index in [1.54, 1.807) is 24.3 Å². The van der Waals surface area contributed by atoms with E-state index in [1.165, 1.54) is 0 Å². The molecule has 0 aromatic heterocycles. The van der Waals surface area contributed by atoms with Crippen LogP contribution in [0.25, 0.3) is 0 Å². The van der Waals surface area contributed by atoms with Crippen molar-refractivity contribution in [2.45, 2.75) is 32.2 Å². The third-order valence-electron chi connectivity index (χ3n) is 3.13. The number of esters is 1. The summed E-state index contributed by atoms with van der Waals surface area (Å²) in [4.78, 5) is 23.3. The first kappa shape index (κ1) is 14.3. The summed E-state index contributed by atoms with van der Waals surface area (Å²) < 4.78 is 5.16. The Morgan fingerprint density at radius 3 is 2.65 bits per heavy atom. The molecule has 1 fully saturated rings. The van der Waals surface area contributed by atoms with Crippen LogP contribution in [0.2, 0.25) is 0 Å². The topological polar surface area (TPSA) is 55.4 Å². The van der Waals surface area contributed by atoms with Crippen molar-refractivity contribution in [1.29, 1.82) is 0 Å². The van der Waals surface area contributed by atoms with Gasteiger partial charge in [-0.1, -0.05) is 24.3 Å². The predicted molar refractivity (Wildman–Crippen MR) is 76.3 cm³/mol. The molecule has 1 aliphatic rings. The summed E-state index contributed by atoms with van der Waals surface area (Å²) in [6, 6.07) is 8.87. The summed E-state index contributed by atoms with van der Waals surface area (Å²) in [5, 5.41) is 2.90. The molecule has 4 nitrogen and oxygen atoms in total. The molecule has 2 rings (SSSR count). The number of carbonyl (C=O) groups excluding carboxylic acids is 2. The van der Waals surface area contributed by atoms with Gasteiger partial charge in [-0.2, -0.15) is 0 Å². The fourth-order valence-electron chi connectivity index (χ4n) is 2.20. The molecule has 1 heterocycles. The van der Waals surface area contributed by atoms with Gasteiger partial charge >= 0.3 is 5.97 Å². The number of rotatable bonds is 4. The van der Waals surface area contributed by atoms with Gasteiger partial charge in [-0.15, -0.1) is 0 Å². The molecule has 1 saturated heterocycles. The molecule has 1 aromatic carbocycles. The number of nitrogens with one attached hydrogen (secondary N) is 1. The summed E-state index contributed by atoms with van der Waals surface area (Å²) >= 11 is 0. The van der Waals surface area contributed by atoms with E-state index in [9.17, 15) is 9.59 Å². The first-order chi connectivity index (χ1) is 9.48. The van der Waals surface area contributed by atoms with Gasteiger partial charge in [-0.3, -0.25) is 4.79 Å². The first-order valence-electron chi connectivity index (χ1n) is 6.72. The molecule has 20 heavy (non-hydrogen) atoms. The van der Waals surface area contributed by atoms with E-state index < -0.39 is 0 Å².